The first kappa shape index (κ1) is 13.7. The van der Waals surface area contributed by atoms with Crippen LogP contribution in [-0.4, -0.2) is 11.0 Å². The van der Waals surface area contributed by atoms with Crippen LogP contribution >= 0.6 is 0 Å². The molecule has 3 aromatic rings. The van der Waals surface area contributed by atoms with Gasteiger partial charge in [0.25, 0.3) is 0 Å². The summed E-state index contributed by atoms with van der Waals surface area (Å²) in [6.45, 7) is 0. The van der Waals surface area contributed by atoms with E-state index in [9.17, 15) is 4.79 Å². The number of oxazole rings is 1. The van der Waals surface area contributed by atoms with E-state index in [0.29, 0.717) is 5.56 Å². The summed E-state index contributed by atoms with van der Waals surface area (Å²) in [6, 6.07) is 18.0. The fourth-order valence-electron chi connectivity index (χ4n) is 1.81. The van der Waals surface area contributed by atoms with Crippen molar-refractivity contribution in [1.29, 1.82) is 0 Å². The van der Waals surface area contributed by atoms with Crippen LogP contribution in [0.4, 0.5) is 17.5 Å². The molecular formula is C16H13N3O3. The highest BCUT2D eigenvalue weighted by molar-refractivity contribution is 5.91. The number of nitrogens with one attached hydrogen (secondary N) is 1. The summed E-state index contributed by atoms with van der Waals surface area (Å²) in [6.07, 6.45) is 0. The van der Waals surface area contributed by atoms with Crippen molar-refractivity contribution in [2.75, 3.05) is 11.1 Å². The molecule has 0 saturated carbocycles. The fourth-order valence-corrected chi connectivity index (χ4v) is 1.81. The topological polar surface area (TPSA) is 90.4 Å². The highest BCUT2D eigenvalue weighted by Gasteiger charge is 2.17. The zero-order chi connectivity index (χ0) is 15.4. The van der Waals surface area contributed by atoms with Gasteiger partial charge in [0.1, 0.15) is 0 Å². The van der Waals surface area contributed by atoms with Crippen LogP contribution in [0.2, 0.25) is 0 Å². The number of para-hydroxylation sites is 1. The predicted molar refractivity (Wildman–Crippen MR) is 82.0 cm³/mol. The summed E-state index contributed by atoms with van der Waals surface area (Å²) in [5, 5.41) is 2.93. The number of aromatic nitrogens is 1. The molecule has 1 aromatic heterocycles. The monoisotopic (exact) mass is 295 g/mol. The minimum absolute atomic E-state index is 0.00251. The second-order valence-electron chi connectivity index (χ2n) is 4.44. The van der Waals surface area contributed by atoms with E-state index in [1.165, 1.54) is 0 Å². The maximum atomic E-state index is 11.9. The van der Waals surface area contributed by atoms with Crippen molar-refractivity contribution in [1.82, 2.24) is 4.98 Å². The molecule has 0 radical (unpaired) electrons. The second-order valence-corrected chi connectivity index (χ2v) is 4.44. The largest absolute Gasteiger partial charge is 0.389 e. The van der Waals surface area contributed by atoms with Crippen molar-refractivity contribution < 1.29 is 13.9 Å². The number of benzene rings is 2. The molecule has 0 aliphatic carbocycles. The van der Waals surface area contributed by atoms with Crippen LogP contribution in [0, 0.1) is 0 Å². The normalized spacial score (nSPS) is 10.2. The van der Waals surface area contributed by atoms with E-state index >= 15 is 0 Å². The number of nitrogen functional groups attached to an aromatic ring is 1. The van der Waals surface area contributed by atoms with Gasteiger partial charge in [-0.05, 0) is 24.3 Å². The standard InChI is InChI=1S/C16H13N3O3/c17-13-15(21-14(20)11-7-3-1-4-8-11)22-16(19-13)18-12-9-5-2-6-10-12/h1-10H,17H2,(H,18,19). The molecule has 0 saturated heterocycles. The lowest BCUT2D eigenvalue weighted by Gasteiger charge is -2.01. The summed E-state index contributed by atoms with van der Waals surface area (Å²) >= 11 is 0. The SMILES string of the molecule is Nc1nc(Nc2ccccc2)oc1OC(=O)c1ccccc1. The average Bonchev–Trinajstić information content (AvgIpc) is 2.88. The van der Waals surface area contributed by atoms with Crippen molar-refractivity contribution >= 4 is 23.5 Å². The predicted octanol–water partition coefficient (Wildman–Crippen LogP) is 3.22. The van der Waals surface area contributed by atoms with E-state index < -0.39 is 5.97 Å². The number of esters is 1. The Labute approximate surface area is 126 Å². The maximum absolute atomic E-state index is 11.9. The molecule has 0 atom stereocenters. The number of rotatable bonds is 4. The molecule has 1 heterocycles. The van der Waals surface area contributed by atoms with Crippen molar-refractivity contribution in [3.63, 3.8) is 0 Å². The third-order valence-corrected chi connectivity index (χ3v) is 2.84. The Hall–Kier alpha value is -3.28. The van der Waals surface area contributed by atoms with Crippen LogP contribution < -0.4 is 15.8 Å². The number of anilines is 3. The molecule has 3 rings (SSSR count). The molecule has 2 aromatic carbocycles. The highest BCUT2D eigenvalue weighted by Crippen LogP contribution is 2.28. The second kappa shape index (κ2) is 6.01. The van der Waals surface area contributed by atoms with Gasteiger partial charge in [-0.2, -0.15) is 4.98 Å². The van der Waals surface area contributed by atoms with Crippen molar-refractivity contribution in [2.45, 2.75) is 0 Å². The molecule has 0 fully saturated rings. The van der Waals surface area contributed by atoms with Crippen LogP contribution in [0.25, 0.3) is 0 Å². The van der Waals surface area contributed by atoms with Gasteiger partial charge in [-0.25, -0.2) is 4.79 Å². The molecule has 0 spiro atoms. The Balaban J connectivity index is 1.74. The summed E-state index contributed by atoms with van der Waals surface area (Å²) in [5.74, 6) is -0.690. The van der Waals surface area contributed by atoms with Gasteiger partial charge >= 0.3 is 17.9 Å². The van der Waals surface area contributed by atoms with Crippen LogP contribution in [0.1, 0.15) is 10.4 Å². The molecule has 3 N–H and O–H groups in total. The number of carbonyl (C=O) groups excluding carboxylic acids is 1. The van der Waals surface area contributed by atoms with Crippen LogP contribution in [0.15, 0.2) is 65.1 Å². The molecule has 0 bridgehead atoms. The molecule has 6 nitrogen and oxygen atoms in total. The third-order valence-electron chi connectivity index (χ3n) is 2.84. The quantitative estimate of drug-likeness (QED) is 0.718. The summed E-state index contributed by atoms with van der Waals surface area (Å²) < 4.78 is 10.4. The van der Waals surface area contributed by atoms with E-state index in [1.54, 1.807) is 24.3 Å². The lowest BCUT2D eigenvalue weighted by molar-refractivity contribution is 0.0697. The number of carbonyl (C=O) groups is 1. The van der Waals surface area contributed by atoms with Gasteiger partial charge < -0.3 is 20.2 Å². The first-order valence-corrected chi connectivity index (χ1v) is 6.58. The number of nitrogens with two attached hydrogens (primary N) is 1. The highest BCUT2D eigenvalue weighted by atomic mass is 16.6. The van der Waals surface area contributed by atoms with Gasteiger partial charge in [0.15, 0.2) is 0 Å². The number of hydrogen-bond acceptors (Lipinski definition) is 6. The zero-order valence-electron chi connectivity index (χ0n) is 11.5. The van der Waals surface area contributed by atoms with Crippen molar-refractivity contribution in [3.05, 3.63) is 66.2 Å². The molecule has 22 heavy (non-hydrogen) atoms. The lowest BCUT2D eigenvalue weighted by Crippen LogP contribution is -2.08. The number of nitrogens with zero attached hydrogens (tertiary/aromatic N) is 1. The summed E-state index contributed by atoms with van der Waals surface area (Å²) in [5.41, 5.74) is 6.88. The molecule has 0 unspecified atom stereocenters. The lowest BCUT2D eigenvalue weighted by atomic mass is 10.2. The molecule has 0 aliphatic rings. The van der Waals surface area contributed by atoms with E-state index in [1.807, 2.05) is 36.4 Å². The number of ether oxygens (including phenoxy) is 1. The van der Waals surface area contributed by atoms with Crippen LogP contribution in [0.5, 0.6) is 5.95 Å². The van der Waals surface area contributed by atoms with Gasteiger partial charge in [-0.15, -0.1) is 0 Å². The first-order chi connectivity index (χ1) is 10.7. The summed E-state index contributed by atoms with van der Waals surface area (Å²) in [7, 11) is 0. The van der Waals surface area contributed by atoms with E-state index in [0.717, 1.165) is 5.69 Å². The Morgan fingerprint density at radius 3 is 2.36 bits per heavy atom. The third kappa shape index (κ3) is 3.06. The van der Waals surface area contributed by atoms with Crippen molar-refractivity contribution in [2.24, 2.45) is 0 Å². The Kier molecular flexibility index (Phi) is 3.74. The van der Waals surface area contributed by atoms with Crippen LogP contribution in [-0.2, 0) is 0 Å². The molecule has 0 aliphatic heterocycles. The smallest absolute Gasteiger partial charge is 0.346 e. The van der Waals surface area contributed by atoms with Gasteiger partial charge in [0.2, 0.25) is 5.82 Å². The molecule has 110 valence electrons. The Bertz CT molecular complexity index is 770. The van der Waals surface area contributed by atoms with E-state index in [-0.39, 0.29) is 17.8 Å². The van der Waals surface area contributed by atoms with Crippen molar-refractivity contribution in [3.8, 4) is 5.95 Å². The minimum Gasteiger partial charge on any atom is -0.389 e. The minimum atomic E-state index is -0.560. The van der Waals surface area contributed by atoms with Gasteiger partial charge in [-0.1, -0.05) is 36.4 Å². The average molecular weight is 295 g/mol. The maximum Gasteiger partial charge on any atom is 0.346 e. The summed E-state index contributed by atoms with van der Waals surface area (Å²) in [4.78, 5) is 15.9. The van der Waals surface area contributed by atoms with Gasteiger partial charge in [0.05, 0.1) is 5.56 Å². The molecular weight excluding hydrogens is 282 g/mol. The fraction of sp³-hybridized carbons (Fsp3) is 0. The van der Waals surface area contributed by atoms with Gasteiger partial charge in [0, 0.05) is 5.69 Å². The van der Waals surface area contributed by atoms with Gasteiger partial charge in [-0.3, -0.25) is 0 Å². The first-order valence-electron chi connectivity index (χ1n) is 6.58. The van der Waals surface area contributed by atoms with Crippen LogP contribution in [0.3, 0.4) is 0 Å². The zero-order valence-corrected chi connectivity index (χ0v) is 11.5. The molecule has 6 heteroatoms. The van der Waals surface area contributed by atoms with E-state index in [4.69, 9.17) is 14.9 Å². The number of hydrogen-bond donors (Lipinski definition) is 2. The Morgan fingerprint density at radius 2 is 1.68 bits per heavy atom. The Morgan fingerprint density at radius 1 is 1.05 bits per heavy atom. The van der Waals surface area contributed by atoms with E-state index in [2.05, 4.69) is 10.3 Å². The molecule has 0 amide bonds.